The SMILES string of the molecule is COCc1ccc(C(C)O)cc1F. The summed E-state index contributed by atoms with van der Waals surface area (Å²) in [6, 6.07) is 4.65. The number of halogens is 1. The van der Waals surface area contributed by atoms with E-state index in [-0.39, 0.29) is 12.4 Å². The van der Waals surface area contributed by atoms with E-state index < -0.39 is 6.10 Å². The summed E-state index contributed by atoms with van der Waals surface area (Å²) >= 11 is 0. The van der Waals surface area contributed by atoms with E-state index >= 15 is 0 Å². The molecule has 0 spiro atoms. The predicted molar refractivity (Wildman–Crippen MR) is 47.7 cm³/mol. The van der Waals surface area contributed by atoms with Gasteiger partial charge in [0.2, 0.25) is 0 Å². The highest BCUT2D eigenvalue weighted by atomic mass is 19.1. The van der Waals surface area contributed by atoms with E-state index in [1.165, 1.54) is 13.2 Å². The Morgan fingerprint density at radius 2 is 2.23 bits per heavy atom. The van der Waals surface area contributed by atoms with E-state index in [1.807, 2.05) is 0 Å². The molecule has 0 heterocycles. The van der Waals surface area contributed by atoms with Gasteiger partial charge in [0.1, 0.15) is 5.82 Å². The molecule has 13 heavy (non-hydrogen) atoms. The molecule has 1 unspecified atom stereocenters. The summed E-state index contributed by atoms with van der Waals surface area (Å²) in [6.07, 6.45) is -0.633. The second-order valence-corrected chi connectivity index (χ2v) is 2.96. The molecular formula is C10H13FO2. The molecule has 0 amide bonds. The number of aliphatic hydroxyl groups excluding tert-OH is 1. The van der Waals surface area contributed by atoms with Gasteiger partial charge in [-0.1, -0.05) is 12.1 Å². The summed E-state index contributed by atoms with van der Waals surface area (Å²) in [5.74, 6) is -0.333. The minimum atomic E-state index is -0.633. The molecule has 0 aliphatic carbocycles. The summed E-state index contributed by atoms with van der Waals surface area (Å²) in [4.78, 5) is 0. The molecule has 0 saturated carbocycles. The van der Waals surface area contributed by atoms with Crippen LogP contribution in [0, 0.1) is 5.82 Å². The fourth-order valence-corrected chi connectivity index (χ4v) is 1.10. The van der Waals surface area contributed by atoms with Crippen molar-refractivity contribution in [1.82, 2.24) is 0 Å². The number of benzene rings is 1. The summed E-state index contributed by atoms with van der Waals surface area (Å²) < 4.78 is 18.0. The Balaban J connectivity index is 2.92. The van der Waals surface area contributed by atoms with Crippen LogP contribution in [0.15, 0.2) is 18.2 Å². The molecule has 0 radical (unpaired) electrons. The highest BCUT2D eigenvalue weighted by molar-refractivity contribution is 5.25. The molecule has 1 rings (SSSR count). The third-order valence-corrected chi connectivity index (χ3v) is 1.86. The topological polar surface area (TPSA) is 29.5 Å². The minimum absolute atomic E-state index is 0.256. The Hall–Kier alpha value is -0.930. The van der Waals surface area contributed by atoms with Gasteiger partial charge < -0.3 is 9.84 Å². The Morgan fingerprint density at radius 1 is 1.54 bits per heavy atom. The number of methoxy groups -OCH3 is 1. The third kappa shape index (κ3) is 2.50. The molecular weight excluding hydrogens is 171 g/mol. The number of hydrogen-bond acceptors (Lipinski definition) is 2. The van der Waals surface area contributed by atoms with Gasteiger partial charge in [0.05, 0.1) is 12.7 Å². The van der Waals surface area contributed by atoms with Crippen LogP contribution in [-0.2, 0) is 11.3 Å². The first-order valence-electron chi connectivity index (χ1n) is 4.10. The van der Waals surface area contributed by atoms with Crippen LogP contribution in [0.2, 0.25) is 0 Å². The lowest BCUT2D eigenvalue weighted by molar-refractivity contribution is 0.180. The Kier molecular flexibility index (Phi) is 3.39. The van der Waals surface area contributed by atoms with Crippen molar-refractivity contribution < 1.29 is 14.2 Å². The van der Waals surface area contributed by atoms with E-state index in [0.717, 1.165) is 0 Å². The first-order valence-corrected chi connectivity index (χ1v) is 4.10. The molecule has 3 heteroatoms. The molecule has 0 fully saturated rings. The minimum Gasteiger partial charge on any atom is -0.389 e. The number of ether oxygens (including phenoxy) is 1. The number of aliphatic hydroxyl groups is 1. The summed E-state index contributed by atoms with van der Waals surface area (Å²) in [5, 5.41) is 9.17. The Labute approximate surface area is 77.0 Å². The van der Waals surface area contributed by atoms with Gasteiger partial charge in [0, 0.05) is 12.7 Å². The normalized spacial score (nSPS) is 12.9. The molecule has 1 atom stereocenters. The summed E-state index contributed by atoms with van der Waals surface area (Å²) in [6.45, 7) is 1.86. The molecule has 1 N–H and O–H groups in total. The van der Waals surface area contributed by atoms with Crippen molar-refractivity contribution in [2.75, 3.05) is 7.11 Å². The maximum absolute atomic E-state index is 13.2. The molecule has 0 saturated heterocycles. The lowest BCUT2D eigenvalue weighted by atomic mass is 10.1. The number of rotatable bonds is 3. The van der Waals surface area contributed by atoms with Gasteiger partial charge in [-0.15, -0.1) is 0 Å². The fourth-order valence-electron chi connectivity index (χ4n) is 1.10. The predicted octanol–water partition coefficient (Wildman–Crippen LogP) is 2.03. The number of hydrogen-bond donors (Lipinski definition) is 1. The van der Waals surface area contributed by atoms with Gasteiger partial charge >= 0.3 is 0 Å². The Bertz CT molecular complexity index is 284. The zero-order valence-corrected chi connectivity index (χ0v) is 7.75. The van der Waals surface area contributed by atoms with E-state index in [2.05, 4.69) is 0 Å². The fraction of sp³-hybridized carbons (Fsp3) is 0.400. The smallest absolute Gasteiger partial charge is 0.129 e. The van der Waals surface area contributed by atoms with Gasteiger partial charge in [0.25, 0.3) is 0 Å². The second-order valence-electron chi connectivity index (χ2n) is 2.96. The standard InChI is InChI=1S/C10H13FO2/c1-7(12)8-3-4-9(6-13-2)10(11)5-8/h3-5,7,12H,6H2,1-2H3. The quantitative estimate of drug-likeness (QED) is 0.778. The molecule has 0 aliphatic rings. The average Bonchev–Trinajstić information content (AvgIpc) is 2.08. The molecule has 0 aromatic heterocycles. The van der Waals surface area contributed by atoms with Crippen molar-refractivity contribution in [1.29, 1.82) is 0 Å². The van der Waals surface area contributed by atoms with Crippen molar-refractivity contribution in [2.24, 2.45) is 0 Å². The highest BCUT2D eigenvalue weighted by Gasteiger charge is 2.06. The maximum atomic E-state index is 13.2. The first kappa shape index (κ1) is 10.2. The van der Waals surface area contributed by atoms with Crippen LogP contribution >= 0.6 is 0 Å². The molecule has 1 aromatic carbocycles. The maximum Gasteiger partial charge on any atom is 0.129 e. The van der Waals surface area contributed by atoms with Crippen LogP contribution in [0.5, 0.6) is 0 Å². The van der Waals surface area contributed by atoms with Crippen LogP contribution in [0.4, 0.5) is 4.39 Å². The summed E-state index contributed by atoms with van der Waals surface area (Å²) in [5.41, 5.74) is 1.09. The first-order chi connectivity index (χ1) is 6.15. The van der Waals surface area contributed by atoms with E-state index in [4.69, 9.17) is 4.74 Å². The average molecular weight is 184 g/mol. The van der Waals surface area contributed by atoms with E-state index in [0.29, 0.717) is 11.1 Å². The van der Waals surface area contributed by atoms with Crippen molar-refractivity contribution in [3.8, 4) is 0 Å². The lowest BCUT2D eigenvalue weighted by Gasteiger charge is -2.07. The van der Waals surface area contributed by atoms with E-state index in [1.54, 1.807) is 19.1 Å². The van der Waals surface area contributed by atoms with Crippen LogP contribution < -0.4 is 0 Å². The lowest BCUT2D eigenvalue weighted by Crippen LogP contribution is -1.97. The third-order valence-electron chi connectivity index (χ3n) is 1.86. The molecule has 72 valence electrons. The van der Waals surface area contributed by atoms with Crippen molar-refractivity contribution in [3.05, 3.63) is 35.1 Å². The Morgan fingerprint density at radius 3 is 2.69 bits per heavy atom. The van der Waals surface area contributed by atoms with Crippen molar-refractivity contribution >= 4 is 0 Å². The zero-order valence-electron chi connectivity index (χ0n) is 7.75. The van der Waals surface area contributed by atoms with E-state index in [9.17, 15) is 9.50 Å². The van der Waals surface area contributed by atoms with Crippen LogP contribution in [0.3, 0.4) is 0 Å². The highest BCUT2D eigenvalue weighted by Crippen LogP contribution is 2.16. The van der Waals surface area contributed by atoms with Gasteiger partial charge in [-0.25, -0.2) is 4.39 Å². The van der Waals surface area contributed by atoms with Gasteiger partial charge in [-0.2, -0.15) is 0 Å². The molecule has 2 nitrogen and oxygen atoms in total. The van der Waals surface area contributed by atoms with Gasteiger partial charge in [-0.05, 0) is 18.6 Å². The molecule has 0 bridgehead atoms. The van der Waals surface area contributed by atoms with Crippen LogP contribution in [0.1, 0.15) is 24.2 Å². The zero-order chi connectivity index (χ0) is 9.84. The monoisotopic (exact) mass is 184 g/mol. The van der Waals surface area contributed by atoms with Crippen molar-refractivity contribution in [2.45, 2.75) is 19.6 Å². The van der Waals surface area contributed by atoms with Crippen LogP contribution in [0.25, 0.3) is 0 Å². The molecule has 0 aliphatic heterocycles. The van der Waals surface area contributed by atoms with Gasteiger partial charge in [-0.3, -0.25) is 0 Å². The van der Waals surface area contributed by atoms with Crippen LogP contribution in [-0.4, -0.2) is 12.2 Å². The molecule has 1 aromatic rings. The van der Waals surface area contributed by atoms with Crippen molar-refractivity contribution in [3.63, 3.8) is 0 Å². The second kappa shape index (κ2) is 4.35. The summed E-state index contributed by atoms with van der Waals surface area (Å²) in [7, 11) is 1.52. The largest absolute Gasteiger partial charge is 0.389 e. The van der Waals surface area contributed by atoms with Gasteiger partial charge in [0.15, 0.2) is 0 Å².